The van der Waals surface area contributed by atoms with E-state index in [0.717, 1.165) is 5.69 Å². The maximum atomic E-state index is 8.61. The number of nitrogen functional groups attached to an aromatic ring is 1. The maximum absolute atomic E-state index is 8.61. The molecule has 0 radical (unpaired) electrons. The van der Waals surface area contributed by atoms with Crippen LogP contribution in [0.2, 0.25) is 0 Å². The highest BCUT2D eigenvalue weighted by Crippen LogP contribution is 2.15. The van der Waals surface area contributed by atoms with Crippen LogP contribution < -0.4 is 5.73 Å². The summed E-state index contributed by atoms with van der Waals surface area (Å²) in [6.45, 7) is 0. The lowest BCUT2D eigenvalue weighted by atomic mass is 10.3. The molecule has 4 heteroatoms. The second-order valence-electron chi connectivity index (χ2n) is 2.84. The molecule has 0 bridgehead atoms. The summed E-state index contributed by atoms with van der Waals surface area (Å²) in [6.07, 6.45) is 3.22. The van der Waals surface area contributed by atoms with E-state index in [1.165, 1.54) is 0 Å². The minimum atomic E-state index is 0.383. The van der Waals surface area contributed by atoms with Crippen LogP contribution in [0, 0.1) is 11.3 Å². The zero-order valence-electron chi connectivity index (χ0n) is 7.38. The van der Waals surface area contributed by atoms with Crippen molar-refractivity contribution in [3.63, 3.8) is 0 Å². The number of para-hydroxylation sites is 2. The van der Waals surface area contributed by atoms with Gasteiger partial charge in [0.05, 0.1) is 11.4 Å². The number of hydrogen-bond donors (Lipinski definition) is 1. The molecular formula is C10H8N4. The average molecular weight is 184 g/mol. The van der Waals surface area contributed by atoms with Gasteiger partial charge in [0.1, 0.15) is 12.4 Å². The van der Waals surface area contributed by atoms with Gasteiger partial charge in [-0.05, 0) is 12.1 Å². The monoisotopic (exact) mass is 184 g/mol. The van der Waals surface area contributed by atoms with Gasteiger partial charge in [-0.25, -0.2) is 4.98 Å². The summed E-state index contributed by atoms with van der Waals surface area (Å²) in [7, 11) is 0. The number of imidazole rings is 1. The van der Waals surface area contributed by atoms with E-state index < -0.39 is 0 Å². The van der Waals surface area contributed by atoms with E-state index in [0.29, 0.717) is 11.4 Å². The summed E-state index contributed by atoms with van der Waals surface area (Å²) in [4.78, 5) is 3.90. The molecule has 0 saturated carbocycles. The van der Waals surface area contributed by atoms with Crippen molar-refractivity contribution in [2.45, 2.75) is 0 Å². The summed E-state index contributed by atoms with van der Waals surface area (Å²) in [5, 5.41) is 8.61. The molecule has 0 saturated heterocycles. The zero-order chi connectivity index (χ0) is 9.97. The lowest BCUT2D eigenvalue weighted by Gasteiger charge is -2.04. The Morgan fingerprint density at radius 2 is 2.14 bits per heavy atom. The second-order valence-corrected chi connectivity index (χ2v) is 2.84. The molecule has 0 spiro atoms. The summed E-state index contributed by atoms with van der Waals surface area (Å²) in [5.41, 5.74) is 7.65. The number of benzene rings is 1. The summed E-state index contributed by atoms with van der Waals surface area (Å²) < 4.78 is 1.73. The summed E-state index contributed by atoms with van der Waals surface area (Å²) >= 11 is 0. The molecule has 2 rings (SSSR count). The van der Waals surface area contributed by atoms with Gasteiger partial charge in [0.15, 0.2) is 5.69 Å². The maximum Gasteiger partial charge on any atom is 0.158 e. The van der Waals surface area contributed by atoms with Crippen LogP contribution in [-0.4, -0.2) is 9.55 Å². The third-order valence-corrected chi connectivity index (χ3v) is 1.91. The molecule has 68 valence electrons. The van der Waals surface area contributed by atoms with E-state index in [4.69, 9.17) is 11.0 Å². The van der Waals surface area contributed by atoms with Crippen molar-refractivity contribution in [2.75, 3.05) is 5.73 Å². The Bertz CT molecular complexity index is 493. The summed E-state index contributed by atoms with van der Waals surface area (Å²) in [5.74, 6) is 0. The van der Waals surface area contributed by atoms with Gasteiger partial charge < -0.3 is 10.3 Å². The lowest BCUT2D eigenvalue weighted by Crippen LogP contribution is -1.96. The Labute approximate surface area is 81.2 Å². The van der Waals surface area contributed by atoms with Crippen LogP contribution in [-0.2, 0) is 0 Å². The fourth-order valence-electron chi connectivity index (χ4n) is 1.23. The van der Waals surface area contributed by atoms with Gasteiger partial charge in [-0.15, -0.1) is 0 Å². The molecule has 0 unspecified atom stereocenters. The van der Waals surface area contributed by atoms with E-state index in [9.17, 15) is 0 Å². The Kier molecular flexibility index (Phi) is 1.92. The number of aromatic nitrogens is 2. The van der Waals surface area contributed by atoms with Crippen LogP contribution in [0.5, 0.6) is 0 Å². The highest BCUT2D eigenvalue weighted by molar-refractivity contribution is 5.57. The van der Waals surface area contributed by atoms with Crippen LogP contribution >= 0.6 is 0 Å². The standard InChI is InChI=1S/C10H8N4/c11-5-8-6-14(7-13-8)10-4-2-1-3-9(10)12/h1-4,6-7H,12H2. The largest absolute Gasteiger partial charge is 0.397 e. The van der Waals surface area contributed by atoms with E-state index >= 15 is 0 Å². The third kappa shape index (κ3) is 1.31. The van der Waals surface area contributed by atoms with Crippen molar-refractivity contribution in [3.05, 3.63) is 42.5 Å². The first-order chi connectivity index (χ1) is 6.81. The molecule has 1 aromatic carbocycles. The Balaban J connectivity index is 2.51. The zero-order valence-corrected chi connectivity index (χ0v) is 7.38. The second kappa shape index (κ2) is 3.23. The van der Waals surface area contributed by atoms with Crippen molar-refractivity contribution in [1.82, 2.24) is 9.55 Å². The SMILES string of the molecule is N#Cc1cn(-c2ccccc2N)cn1. The number of nitriles is 1. The van der Waals surface area contributed by atoms with Gasteiger partial charge in [0.25, 0.3) is 0 Å². The highest BCUT2D eigenvalue weighted by atomic mass is 15.0. The highest BCUT2D eigenvalue weighted by Gasteiger charge is 2.01. The van der Waals surface area contributed by atoms with Gasteiger partial charge in [-0.2, -0.15) is 5.26 Å². The lowest BCUT2D eigenvalue weighted by molar-refractivity contribution is 1.06. The third-order valence-electron chi connectivity index (χ3n) is 1.91. The molecule has 0 aliphatic carbocycles. The molecule has 2 N–H and O–H groups in total. The molecular weight excluding hydrogens is 176 g/mol. The van der Waals surface area contributed by atoms with Crippen molar-refractivity contribution >= 4 is 5.69 Å². The molecule has 0 aliphatic heterocycles. The van der Waals surface area contributed by atoms with Crippen LogP contribution in [0.15, 0.2) is 36.8 Å². The number of anilines is 1. The molecule has 0 atom stereocenters. The molecule has 0 aliphatic rings. The quantitative estimate of drug-likeness (QED) is 0.680. The molecule has 1 heterocycles. The molecule has 1 aromatic heterocycles. The first-order valence-electron chi connectivity index (χ1n) is 4.10. The van der Waals surface area contributed by atoms with Crippen LogP contribution in [0.3, 0.4) is 0 Å². The number of nitrogens with two attached hydrogens (primary N) is 1. The molecule has 14 heavy (non-hydrogen) atoms. The Morgan fingerprint density at radius 1 is 1.36 bits per heavy atom. The number of rotatable bonds is 1. The molecule has 0 amide bonds. The Morgan fingerprint density at radius 3 is 2.79 bits per heavy atom. The molecule has 4 nitrogen and oxygen atoms in total. The van der Waals surface area contributed by atoms with Crippen molar-refractivity contribution in [1.29, 1.82) is 5.26 Å². The minimum absolute atomic E-state index is 0.383. The normalized spacial score (nSPS) is 9.64. The van der Waals surface area contributed by atoms with Crippen molar-refractivity contribution < 1.29 is 0 Å². The first kappa shape index (κ1) is 8.32. The van der Waals surface area contributed by atoms with Crippen molar-refractivity contribution in [3.8, 4) is 11.8 Å². The fourth-order valence-corrected chi connectivity index (χ4v) is 1.23. The fraction of sp³-hybridized carbons (Fsp3) is 0. The van der Waals surface area contributed by atoms with Gasteiger partial charge in [-0.3, -0.25) is 0 Å². The smallest absolute Gasteiger partial charge is 0.158 e. The van der Waals surface area contributed by atoms with E-state index in [2.05, 4.69) is 4.98 Å². The van der Waals surface area contributed by atoms with E-state index in [-0.39, 0.29) is 0 Å². The van der Waals surface area contributed by atoms with Crippen LogP contribution in [0.1, 0.15) is 5.69 Å². The van der Waals surface area contributed by atoms with Gasteiger partial charge >= 0.3 is 0 Å². The van der Waals surface area contributed by atoms with E-state index in [1.54, 1.807) is 23.2 Å². The first-order valence-corrected chi connectivity index (χ1v) is 4.10. The molecule has 0 fully saturated rings. The van der Waals surface area contributed by atoms with Gasteiger partial charge in [0, 0.05) is 6.20 Å². The molecule has 2 aromatic rings. The summed E-state index contributed by atoms with van der Waals surface area (Å²) in [6, 6.07) is 9.39. The average Bonchev–Trinajstić information content (AvgIpc) is 2.67. The predicted molar refractivity (Wildman–Crippen MR) is 52.7 cm³/mol. The number of nitrogens with zero attached hydrogens (tertiary/aromatic N) is 3. The van der Waals surface area contributed by atoms with Gasteiger partial charge in [0.2, 0.25) is 0 Å². The van der Waals surface area contributed by atoms with Crippen LogP contribution in [0.4, 0.5) is 5.69 Å². The topological polar surface area (TPSA) is 67.6 Å². The predicted octanol–water partition coefficient (Wildman–Crippen LogP) is 1.33. The van der Waals surface area contributed by atoms with Crippen molar-refractivity contribution in [2.24, 2.45) is 0 Å². The number of hydrogen-bond acceptors (Lipinski definition) is 3. The van der Waals surface area contributed by atoms with E-state index in [1.807, 2.05) is 24.3 Å². The van der Waals surface area contributed by atoms with Gasteiger partial charge in [-0.1, -0.05) is 12.1 Å². The Hall–Kier alpha value is -2.28. The minimum Gasteiger partial charge on any atom is -0.397 e. The van der Waals surface area contributed by atoms with Crippen LogP contribution in [0.25, 0.3) is 5.69 Å².